The molecule has 0 spiro atoms. The summed E-state index contributed by atoms with van der Waals surface area (Å²) in [5, 5.41) is 5.80. The van der Waals surface area contributed by atoms with Gasteiger partial charge in [-0.1, -0.05) is 12.1 Å². The van der Waals surface area contributed by atoms with Gasteiger partial charge in [-0.25, -0.2) is 4.79 Å². The Labute approximate surface area is 162 Å². The Bertz CT molecular complexity index is 671. The largest absolute Gasteiger partial charge is 0.453 e. The number of halogens is 3. The number of amides is 1. The number of carbonyl (C=O) groups excluding carboxylic acids is 1. The second-order valence-electron chi connectivity index (χ2n) is 6.45. The van der Waals surface area contributed by atoms with Gasteiger partial charge in [-0.2, -0.15) is 13.2 Å². The topological polar surface area (TPSA) is 69.2 Å². The Morgan fingerprint density at radius 3 is 2.32 bits per heavy atom. The first-order chi connectivity index (χ1) is 13.2. The molecule has 10 heteroatoms. The second-order valence-corrected chi connectivity index (χ2v) is 6.45. The molecule has 2 N–H and O–H groups in total. The molecule has 0 bridgehead atoms. The van der Waals surface area contributed by atoms with Crippen LogP contribution in [0.15, 0.2) is 29.3 Å². The molecule has 0 saturated carbocycles. The smallest absolute Gasteiger partial charge is 0.411 e. The van der Waals surface area contributed by atoms with Crippen LogP contribution in [-0.4, -0.2) is 74.4 Å². The molecule has 156 valence electrons. The number of carbonyl (C=O) groups is 1. The summed E-state index contributed by atoms with van der Waals surface area (Å²) in [5.41, 5.74) is 1.59. The molecule has 1 aromatic rings. The van der Waals surface area contributed by atoms with Crippen molar-refractivity contribution >= 4 is 17.7 Å². The quantitative estimate of drug-likeness (QED) is 0.599. The lowest BCUT2D eigenvalue weighted by atomic mass is 10.2. The molecule has 0 aromatic heterocycles. The molecule has 1 saturated heterocycles. The van der Waals surface area contributed by atoms with Crippen molar-refractivity contribution in [2.75, 3.05) is 45.7 Å². The standard InChI is InChI=1S/C18H26F3N5O2/c1-13(18(19,20)21)25-8-10-26(11-9-25)16(22-2)23-12-14-4-6-15(7-5-14)24-17(27)28-3/h4-7,13H,8-12H2,1-3H3,(H,22,23)(H,24,27). The van der Waals surface area contributed by atoms with E-state index in [2.05, 4.69) is 20.4 Å². The van der Waals surface area contributed by atoms with Crippen molar-refractivity contribution in [3.05, 3.63) is 29.8 Å². The molecule has 1 unspecified atom stereocenters. The highest BCUT2D eigenvalue weighted by molar-refractivity contribution is 5.84. The van der Waals surface area contributed by atoms with E-state index in [-0.39, 0.29) is 0 Å². The SMILES string of the molecule is CN=C(NCc1ccc(NC(=O)OC)cc1)N1CCN(C(C)C(F)(F)F)CC1. The van der Waals surface area contributed by atoms with Gasteiger partial charge in [0, 0.05) is 45.5 Å². The molecular formula is C18H26F3N5O2. The molecule has 1 amide bonds. The minimum absolute atomic E-state index is 0.329. The fourth-order valence-corrected chi connectivity index (χ4v) is 2.92. The third-order valence-electron chi connectivity index (χ3n) is 4.68. The highest BCUT2D eigenvalue weighted by atomic mass is 19.4. The number of ether oxygens (including phenoxy) is 1. The maximum Gasteiger partial charge on any atom is 0.411 e. The average molecular weight is 401 g/mol. The van der Waals surface area contributed by atoms with Gasteiger partial charge in [-0.3, -0.25) is 15.2 Å². The van der Waals surface area contributed by atoms with Gasteiger partial charge in [0.05, 0.1) is 7.11 Å². The number of aliphatic imine (C=N–C) groups is 1. The Balaban J connectivity index is 1.84. The average Bonchev–Trinajstić information content (AvgIpc) is 2.68. The van der Waals surface area contributed by atoms with Crippen molar-refractivity contribution in [3.63, 3.8) is 0 Å². The number of rotatable bonds is 4. The highest BCUT2D eigenvalue weighted by Crippen LogP contribution is 2.25. The molecule has 1 aliphatic heterocycles. The number of nitrogens with one attached hydrogen (secondary N) is 2. The maximum absolute atomic E-state index is 12.9. The Morgan fingerprint density at radius 2 is 1.82 bits per heavy atom. The van der Waals surface area contributed by atoms with Crippen LogP contribution in [0.5, 0.6) is 0 Å². The van der Waals surface area contributed by atoms with Gasteiger partial charge in [-0.15, -0.1) is 0 Å². The van der Waals surface area contributed by atoms with Crippen molar-refractivity contribution in [1.29, 1.82) is 0 Å². The Kier molecular flexibility index (Phi) is 7.50. The maximum atomic E-state index is 12.9. The number of methoxy groups -OCH3 is 1. The lowest BCUT2D eigenvalue weighted by Gasteiger charge is -2.39. The number of benzene rings is 1. The molecule has 28 heavy (non-hydrogen) atoms. The third-order valence-corrected chi connectivity index (χ3v) is 4.68. The van der Waals surface area contributed by atoms with Gasteiger partial charge >= 0.3 is 12.3 Å². The number of anilines is 1. The van der Waals surface area contributed by atoms with Gasteiger partial charge in [-0.05, 0) is 24.6 Å². The summed E-state index contributed by atoms with van der Waals surface area (Å²) in [4.78, 5) is 18.8. The van der Waals surface area contributed by atoms with Crippen molar-refractivity contribution in [1.82, 2.24) is 15.1 Å². The summed E-state index contributed by atoms with van der Waals surface area (Å²) < 4.78 is 43.1. The van der Waals surface area contributed by atoms with Crippen LogP contribution in [0.4, 0.5) is 23.7 Å². The first kappa shape index (κ1) is 21.8. The van der Waals surface area contributed by atoms with Crippen molar-refractivity contribution < 1.29 is 22.7 Å². The minimum Gasteiger partial charge on any atom is -0.453 e. The molecular weight excluding hydrogens is 375 g/mol. The zero-order valence-electron chi connectivity index (χ0n) is 16.2. The summed E-state index contributed by atoms with van der Waals surface area (Å²) in [6.45, 7) is 3.31. The van der Waals surface area contributed by atoms with E-state index >= 15 is 0 Å². The fourth-order valence-electron chi connectivity index (χ4n) is 2.92. The minimum atomic E-state index is -4.21. The lowest BCUT2D eigenvalue weighted by molar-refractivity contribution is -0.181. The molecule has 2 rings (SSSR count). The zero-order chi connectivity index (χ0) is 20.7. The van der Waals surface area contributed by atoms with Crippen LogP contribution in [0.1, 0.15) is 12.5 Å². The highest BCUT2D eigenvalue weighted by Gasteiger charge is 2.41. The number of guanidine groups is 1. The van der Waals surface area contributed by atoms with E-state index in [0.29, 0.717) is 44.4 Å². The molecule has 1 heterocycles. The number of hydrogen-bond donors (Lipinski definition) is 2. The molecule has 1 fully saturated rings. The number of piperazine rings is 1. The molecule has 1 atom stereocenters. The Morgan fingerprint density at radius 1 is 1.21 bits per heavy atom. The number of alkyl halides is 3. The summed E-state index contributed by atoms with van der Waals surface area (Å²) in [7, 11) is 2.94. The number of hydrogen-bond acceptors (Lipinski definition) is 4. The molecule has 1 aliphatic rings. The molecule has 0 radical (unpaired) electrons. The van der Waals surface area contributed by atoms with Crippen LogP contribution >= 0.6 is 0 Å². The van der Waals surface area contributed by atoms with Gasteiger partial charge in [0.25, 0.3) is 0 Å². The van der Waals surface area contributed by atoms with Crippen LogP contribution in [0.2, 0.25) is 0 Å². The molecule has 1 aromatic carbocycles. The van der Waals surface area contributed by atoms with Crippen LogP contribution in [-0.2, 0) is 11.3 Å². The monoisotopic (exact) mass is 401 g/mol. The van der Waals surface area contributed by atoms with Crippen molar-refractivity contribution in [3.8, 4) is 0 Å². The Hall–Kier alpha value is -2.49. The van der Waals surface area contributed by atoms with E-state index in [4.69, 9.17) is 0 Å². The summed E-state index contributed by atoms with van der Waals surface area (Å²) in [6, 6.07) is 5.78. The summed E-state index contributed by atoms with van der Waals surface area (Å²) in [5.74, 6) is 0.649. The predicted molar refractivity (Wildman–Crippen MR) is 101 cm³/mol. The lowest BCUT2D eigenvalue weighted by Crippen LogP contribution is -2.56. The molecule has 0 aliphatic carbocycles. The van der Waals surface area contributed by atoms with E-state index in [1.807, 2.05) is 17.0 Å². The van der Waals surface area contributed by atoms with Gasteiger partial charge in [0.15, 0.2) is 5.96 Å². The summed E-state index contributed by atoms with van der Waals surface area (Å²) in [6.07, 6.45) is -4.75. The zero-order valence-corrected chi connectivity index (χ0v) is 16.2. The van der Waals surface area contributed by atoms with E-state index in [0.717, 1.165) is 5.56 Å². The van der Waals surface area contributed by atoms with Crippen LogP contribution in [0.3, 0.4) is 0 Å². The van der Waals surface area contributed by atoms with E-state index in [1.165, 1.54) is 18.9 Å². The third kappa shape index (κ3) is 6.01. The first-order valence-electron chi connectivity index (χ1n) is 8.95. The molecule has 7 nitrogen and oxygen atoms in total. The number of nitrogens with zero attached hydrogens (tertiary/aromatic N) is 3. The first-order valence-corrected chi connectivity index (χ1v) is 8.95. The van der Waals surface area contributed by atoms with E-state index < -0.39 is 18.3 Å². The van der Waals surface area contributed by atoms with Crippen LogP contribution < -0.4 is 10.6 Å². The van der Waals surface area contributed by atoms with E-state index in [1.54, 1.807) is 19.2 Å². The second kappa shape index (κ2) is 9.63. The summed E-state index contributed by atoms with van der Waals surface area (Å²) >= 11 is 0. The van der Waals surface area contributed by atoms with Gasteiger partial charge < -0.3 is 15.0 Å². The van der Waals surface area contributed by atoms with E-state index in [9.17, 15) is 18.0 Å². The van der Waals surface area contributed by atoms with Crippen molar-refractivity contribution in [2.45, 2.75) is 25.7 Å². The van der Waals surface area contributed by atoms with Crippen LogP contribution in [0, 0.1) is 0 Å². The van der Waals surface area contributed by atoms with Crippen molar-refractivity contribution in [2.24, 2.45) is 4.99 Å². The predicted octanol–water partition coefficient (Wildman–Crippen LogP) is 2.51. The van der Waals surface area contributed by atoms with Crippen LogP contribution in [0.25, 0.3) is 0 Å². The fraction of sp³-hybridized carbons (Fsp3) is 0.556. The van der Waals surface area contributed by atoms with Gasteiger partial charge in [0.2, 0.25) is 0 Å². The normalized spacial score (nSPS) is 17.2. The van der Waals surface area contributed by atoms with Gasteiger partial charge in [0.1, 0.15) is 6.04 Å².